The van der Waals surface area contributed by atoms with Gasteiger partial charge in [-0.3, -0.25) is 9.59 Å². The lowest BCUT2D eigenvalue weighted by molar-refractivity contribution is -0.152. The maximum Gasteiger partial charge on any atom is 0.242 e. The monoisotopic (exact) mass is 336 g/mol. The standard InChI is InChI=1S/C19H23FN2O2/c20-15-7-6-13-8-9-22-17(16(13)10-15)11-21(12-18(22)23)19(24)14-4-2-1-3-5-14/h6-7,10,14,17H,1-5,8-9,11-12H2/t17-/m1/s1/i1D2,2D2,3D2. The second-order valence-electron chi connectivity index (χ2n) is 6.50. The Morgan fingerprint density at radius 2 is 2.04 bits per heavy atom. The van der Waals surface area contributed by atoms with E-state index in [1.54, 1.807) is 11.0 Å². The summed E-state index contributed by atoms with van der Waals surface area (Å²) in [5.74, 6) is -2.35. The number of hydrogen-bond donors (Lipinski definition) is 0. The average Bonchev–Trinajstić information content (AvgIpc) is 2.65. The molecule has 1 saturated carbocycles. The maximum atomic E-state index is 13.8. The molecule has 5 heteroatoms. The van der Waals surface area contributed by atoms with Crippen molar-refractivity contribution in [1.82, 2.24) is 9.80 Å². The predicted octanol–water partition coefficient (Wildman–Crippen LogP) is 2.67. The molecule has 0 radical (unpaired) electrons. The van der Waals surface area contributed by atoms with Gasteiger partial charge in [-0.2, -0.15) is 0 Å². The lowest BCUT2D eigenvalue weighted by Gasteiger charge is -2.45. The van der Waals surface area contributed by atoms with Gasteiger partial charge >= 0.3 is 0 Å². The molecule has 1 saturated heterocycles. The van der Waals surface area contributed by atoms with Gasteiger partial charge < -0.3 is 9.80 Å². The molecule has 1 aromatic rings. The van der Waals surface area contributed by atoms with Gasteiger partial charge in [0.05, 0.1) is 12.6 Å². The molecule has 128 valence electrons. The summed E-state index contributed by atoms with van der Waals surface area (Å²) in [7, 11) is 0. The average molecular weight is 336 g/mol. The topological polar surface area (TPSA) is 40.6 Å². The number of amides is 2. The fraction of sp³-hybridized carbons (Fsp3) is 0.579. The Morgan fingerprint density at radius 3 is 2.83 bits per heavy atom. The van der Waals surface area contributed by atoms with E-state index in [-0.39, 0.29) is 19.0 Å². The van der Waals surface area contributed by atoms with Gasteiger partial charge in [-0.25, -0.2) is 4.39 Å². The SMILES string of the molecule is [2H]C1([2H])CC(C(=O)N2CC(=O)N3CCc4ccc(F)cc4[C@H]3C2)CC([2H])([2H])C1([2H])[2H]. The summed E-state index contributed by atoms with van der Waals surface area (Å²) in [5, 5.41) is 0. The molecular weight excluding hydrogens is 307 g/mol. The third-order valence-electron chi connectivity index (χ3n) is 5.04. The Balaban J connectivity index is 1.60. The first-order valence-electron chi connectivity index (χ1n) is 11.2. The highest BCUT2D eigenvalue weighted by Crippen LogP contribution is 2.35. The van der Waals surface area contributed by atoms with Gasteiger partial charge in [-0.1, -0.05) is 25.2 Å². The Labute approximate surface area is 150 Å². The highest BCUT2D eigenvalue weighted by atomic mass is 19.1. The third-order valence-corrected chi connectivity index (χ3v) is 5.04. The first-order valence-corrected chi connectivity index (χ1v) is 8.21. The lowest BCUT2D eigenvalue weighted by atomic mass is 9.86. The second kappa shape index (κ2) is 6.19. The molecular formula is C19H23FN2O2. The predicted molar refractivity (Wildman–Crippen MR) is 87.7 cm³/mol. The number of hydrogen-bond acceptors (Lipinski definition) is 2. The molecule has 0 N–H and O–H groups in total. The van der Waals surface area contributed by atoms with Crippen molar-refractivity contribution in [2.45, 2.75) is 44.4 Å². The summed E-state index contributed by atoms with van der Waals surface area (Å²) < 4.78 is 61.5. The third kappa shape index (κ3) is 2.70. The van der Waals surface area contributed by atoms with Crippen molar-refractivity contribution >= 4 is 11.8 Å². The maximum absolute atomic E-state index is 13.8. The molecule has 0 bridgehead atoms. The van der Waals surface area contributed by atoms with Crippen LogP contribution in [0.5, 0.6) is 0 Å². The smallest absolute Gasteiger partial charge is 0.242 e. The van der Waals surface area contributed by atoms with Gasteiger partial charge in [0.2, 0.25) is 11.8 Å². The minimum absolute atomic E-state index is 0.121. The normalized spacial score (nSPS) is 34.5. The van der Waals surface area contributed by atoms with Gasteiger partial charge in [0.25, 0.3) is 0 Å². The van der Waals surface area contributed by atoms with Gasteiger partial charge in [0.1, 0.15) is 5.82 Å². The van der Waals surface area contributed by atoms with Gasteiger partial charge in [0.15, 0.2) is 0 Å². The zero-order valence-electron chi connectivity index (χ0n) is 19.2. The Kier molecular flexibility index (Phi) is 2.62. The van der Waals surface area contributed by atoms with Gasteiger partial charge in [-0.15, -0.1) is 0 Å². The number of carbonyl (C=O) groups excluding carboxylic acids is 2. The molecule has 1 atom stereocenters. The van der Waals surface area contributed by atoms with Crippen LogP contribution in [0.2, 0.25) is 0 Å². The van der Waals surface area contributed by atoms with Crippen LogP contribution >= 0.6 is 0 Å². The molecule has 0 aromatic heterocycles. The van der Waals surface area contributed by atoms with Crippen LogP contribution in [0.3, 0.4) is 0 Å². The van der Waals surface area contributed by atoms with Crippen LogP contribution in [0.1, 0.15) is 57.4 Å². The van der Waals surface area contributed by atoms with Crippen LogP contribution in [0, 0.1) is 11.7 Å². The van der Waals surface area contributed by atoms with Crippen molar-refractivity contribution in [3.8, 4) is 0 Å². The van der Waals surface area contributed by atoms with Gasteiger partial charge in [0, 0.05) is 27.2 Å². The molecule has 0 unspecified atom stereocenters. The Hall–Kier alpha value is -1.91. The Morgan fingerprint density at radius 1 is 1.25 bits per heavy atom. The number of halogens is 1. The number of carbonyl (C=O) groups is 2. The zero-order valence-corrected chi connectivity index (χ0v) is 13.2. The van der Waals surface area contributed by atoms with Crippen molar-refractivity contribution < 1.29 is 22.2 Å². The summed E-state index contributed by atoms with van der Waals surface area (Å²) in [4.78, 5) is 28.8. The van der Waals surface area contributed by atoms with E-state index >= 15 is 0 Å². The number of rotatable bonds is 1. The van der Waals surface area contributed by atoms with Crippen LogP contribution in [0.25, 0.3) is 0 Å². The summed E-state index contributed by atoms with van der Waals surface area (Å²) in [6, 6.07) is 3.92. The first-order chi connectivity index (χ1) is 13.8. The molecule has 0 spiro atoms. The molecule has 2 heterocycles. The van der Waals surface area contributed by atoms with Crippen LogP contribution in [-0.4, -0.2) is 41.2 Å². The number of benzene rings is 1. The van der Waals surface area contributed by atoms with Crippen LogP contribution in [-0.2, 0) is 16.0 Å². The van der Waals surface area contributed by atoms with E-state index < -0.39 is 55.6 Å². The highest BCUT2D eigenvalue weighted by Gasteiger charge is 2.40. The second-order valence-corrected chi connectivity index (χ2v) is 6.50. The number of nitrogens with zero attached hydrogens (tertiary/aromatic N) is 2. The summed E-state index contributed by atoms with van der Waals surface area (Å²) >= 11 is 0. The van der Waals surface area contributed by atoms with E-state index in [0.717, 1.165) is 5.56 Å². The molecule has 1 aliphatic carbocycles. The van der Waals surface area contributed by atoms with Crippen molar-refractivity contribution in [2.24, 2.45) is 5.92 Å². The number of fused-ring (bicyclic) bond motifs is 3. The van der Waals surface area contributed by atoms with Crippen molar-refractivity contribution in [3.63, 3.8) is 0 Å². The molecule has 4 nitrogen and oxygen atoms in total. The largest absolute Gasteiger partial charge is 0.332 e. The number of piperazine rings is 1. The first kappa shape index (κ1) is 10.2. The van der Waals surface area contributed by atoms with Crippen molar-refractivity contribution in [1.29, 1.82) is 0 Å². The highest BCUT2D eigenvalue weighted by molar-refractivity contribution is 5.87. The molecule has 2 amide bonds. The van der Waals surface area contributed by atoms with Gasteiger partial charge in [-0.05, 0) is 42.5 Å². The lowest BCUT2D eigenvalue weighted by Crippen LogP contribution is -2.56. The minimum Gasteiger partial charge on any atom is -0.332 e. The molecule has 3 aliphatic rings. The van der Waals surface area contributed by atoms with Crippen LogP contribution in [0.4, 0.5) is 4.39 Å². The van der Waals surface area contributed by atoms with Crippen LogP contribution in [0.15, 0.2) is 18.2 Å². The quantitative estimate of drug-likeness (QED) is 0.791. The summed E-state index contributed by atoms with van der Waals surface area (Å²) in [6.45, 7) is 0.394. The van der Waals surface area contributed by atoms with E-state index in [2.05, 4.69) is 0 Å². The van der Waals surface area contributed by atoms with Crippen molar-refractivity contribution in [2.75, 3.05) is 19.6 Å². The fourth-order valence-corrected chi connectivity index (χ4v) is 3.77. The van der Waals surface area contributed by atoms with E-state index in [1.807, 2.05) is 0 Å². The zero-order chi connectivity index (χ0) is 22.1. The van der Waals surface area contributed by atoms with E-state index in [0.29, 0.717) is 18.5 Å². The van der Waals surface area contributed by atoms with E-state index in [9.17, 15) is 14.0 Å². The van der Waals surface area contributed by atoms with E-state index in [1.165, 1.54) is 17.0 Å². The molecule has 24 heavy (non-hydrogen) atoms. The summed E-state index contributed by atoms with van der Waals surface area (Å²) in [5.41, 5.74) is 1.57. The van der Waals surface area contributed by atoms with Crippen molar-refractivity contribution in [3.05, 3.63) is 35.1 Å². The van der Waals surface area contributed by atoms with E-state index in [4.69, 9.17) is 8.22 Å². The fourth-order valence-electron chi connectivity index (χ4n) is 3.77. The van der Waals surface area contributed by atoms with Crippen LogP contribution < -0.4 is 0 Å². The molecule has 2 fully saturated rings. The Bertz CT molecular complexity index is 889. The molecule has 2 aliphatic heterocycles. The minimum atomic E-state index is -2.73. The molecule has 1 aromatic carbocycles. The summed E-state index contributed by atoms with van der Waals surface area (Å²) in [6.07, 6.45) is -8.09. The molecule has 4 rings (SSSR count).